The summed E-state index contributed by atoms with van der Waals surface area (Å²) in [7, 11) is 3.32. The monoisotopic (exact) mass is 519 g/mol. The fourth-order valence-corrected chi connectivity index (χ4v) is 3.47. The summed E-state index contributed by atoms with van der Waals surface area (Å²) in [4.78, 5) is 15.6. The first-order valence-electron chi connectivity index (χ1n) is 11.2. The van der Waals surface area contributed by atoms with Crippen LogP contribution in [-0.2, 0) is 10.9 Å². The molecule has 0 amide bonds. The number of hydrogen-bond donors (Lipinski definition) is 3. The topological polar surface area (TPSA) is 117 Å². The van der Waals surface area contributed by atoms with Gasteiger partial charge in [-0.1, -0.05) is 0 Å². The molecular weight excluding hydrogens is 494 g/mol. The smallest absolute Gasteiger partial charge is 0.380 e. The number of pyridine rings is 1. The van der Waals surface area contributed by atoms with Gasteiger partial charge in [-0.2, -0.15) is 23.3 Å². The number of nitrogens with zero attached hydrogens (tertiary/aromatic N) is 6. The van der Waals surface area contributed by atoms with E-state index in [-0.39, 0.29) is 23.3 Å². The maximum absolute atomic E-state index is 14.2. The van der Waals surface area contributed by atoms with E-state index in [0.29, 0.717) is 43.4 Å². The number of hydrazone groups is 1. The molecule has 0 bridgehead atoms. The highest BCUT2D eigenvalue weighted by molar-refractivity contribution is 5.96. The molecule has 1 fully saturated rings. The van der Waals surface area contributed by atoms with Gasteiger partial charge in [0.25, 0.3) is 0 Å². The number of morpholine rings is 1. The molecule has 3 aromatic rings. The van der Waals surface area contributed by atoms with Gasteiger partial charge in [-0.05, 0) is 30.3 Å². The quantitative estimate of drug-likeness (QED) is 0.187. The van der Waals surface area contributed by atoms with Crippen molar-refractivity contribution in [2.75, 3.05) is 60.9 Å². The first-order chi connectivity index (χ1) is 17.6. The fourth-order valence-electron chi connectivity index (χ4n) is 3.47. The third-order valence-electron chi connectivity index (χ3n) is 5.39. The minimum atomic E-state index is -4.49. The largest absolute Gasteiger partial charge is 0.416 e. The minimum Gasteiger partial charge on any atom is -0.380 e. The van der Waals surface area contributed by atoms with Crippen LogP contribution in [0.15, 0.2) is 47.8 Å². The number of benzene rings is 1. The molecule has 4 rings (SSSR count). The van der Waals surface area contributed by atoms with Crippen molar-refractivity contribution in [2.24, 2.45) is 10.8 Å². The van der Waals surface area contributed by atoms with Crippen LogP contribution >= 0.6 is 0 Å². The summed E-state index contributed by atoms with van der Waals surface area (Å²) in [6.07, 6.45) is -2.03. The van der Waals surface area contributed by atoms with Crippen LogP contribution in [-0.4, -0.2) is 61.2 Å². The highest BCUT2D eigenvalue weighted by Gasteiger charge is 2.31. The molecular formula is C23H25F4N9O. The number of ether oxygens (including phenoxy) is 1. The fraction of sp³-hybridized carbons (Fsp3) is 0.304. The van der Waals surface area contributed by atoms with Crippen LogP contribution in [0.1, 0.15) is 11.3 Å². The van der Waals surface area contributed by atoms with Crippen molar-refractivity contribution in [3.05, 3.63) is 59.8 Å². The summed E-state index contributed by atoms with van der Waals surface area (Å²) in [6, 6.07) is 6.84. The molecule has 10 nitrogen and oxygen atoms in total. The summed E-state index contributed by atoms with van der Waals surface area (Å²) >= 11 is 0. The van der Waals surface area contributed by atoms with Crippen LogP contribution in [0, 0.1) is 5.82 Å². The van der Waals surface area contributed by atoms with Gasteiger partial charge < -0.3 is 25.6 Å². The van der Waals surface area contributed by atoms with Crippen molar-refractivity contribution in [1.82, 2.24) is 15.0 Å². The highest BCUT2D eigenvalue weighted by Crippen LogP contribution is 2.34. The Hall–Kier alpha value is -4.20. The molecule has 2 aromatic heterocycles. The molecule has 1 aliphatic rings. The number of anilines is 5. The first-order valence-corrected chi connectivity index (χ1v) is 11.2. The van der Waals surface area contributed by atoms with Gasteiger partial charge in [0.2, 0.25) is 5.95 Å². The molecule has 196 valence electrons. The van der Waals surface area contributed by atoms with E-state index >= 15 is 0 Å². The lowest BCUT2D eigenvalue weighted by Gasteiger charge is -2.27. The van der Waals surface area contributed by atoms with Gasteiger partial charge in [0.1, 0.15) is 5.69 Å². The van der Waals surface area contributed by atoms with E-state index < -0.39 is 17.6 Å². The Morgan fingerprint density at radius 1 is 1.08 bits per heavy atom. The molecule has 0 atom stereocenters. The number of nitrogens with one attached hydrogen (secondary N) is 2. The summed E-state index contributed by atoms with van der Waals surface area (Å²) in [6.45, 7) is 1.94. The third-order valence-corrected chi connectivity index (χ3v) is 5.39. The molecule has 14 heteroatoms. The Morgan fingerprint density at radius 3 is 2.49 bits per heavy atom. The Bertz CT molecular complexity index is 1260. The highest BCUT2D eigenvalue weighted by atomic mass is 19.4. The second-order valence-corrected chi connectivity index (χ2v) is 8.29. The lowest BCUT2D eigenvalue weighted by atomic mass is 10.1. The molecule has 0 aliphatic carbocycles. The van der Waals surface area contributed by atoms with Crippen LogP contribution in [0.5, 0.6) is 0 Å². The van der Waals surface area contributed by atoms with E-state index in [1.165, 1.54) is 6.20 Å². The maximum atomic E-state index is 14.2. The summed E-state index contributed by atoms with van der Waals surface area (Å²) in [5.74, 6) is -0.380. The van der Waals surface area contributed by atoms with E-state index in [2.05, 4.69) is 30.8 Å². The number of aromatic nitrogens is 3. The molecule has 0 spiro atoms. The molecule has 37 heavy (non-hydrogen) atoms. The maximum Gasteiger partial charge on any atom is 0.416 e. The van der Waals surface area contributed by atoms with Crippen molar-refractivity contribution in [1.29, 1.82) is 0 Å². The van der Waals surface area contributed by atoms with Crippen LogP contribution in [0.3, 0.4) is 0 Å². The zero-order valence-electron chi connectivity index (χ0n) is 20.1. The Balaban J connectivity index is 1.46. The first kappa shape index (κ1) is 25.9. The van der Waals surface area contributed by atoms with Crippen LogP contribution in [0.25, 0.3) is 0 Å². The average Bonchev–Trinajstić information content (AvgIpc) is 2.88. The Morgan fingerprint density at radius 2 is 1.84 bits per heavy atom. The zero-order valence-corrected chi connectivity index (χ0v) is 20.1. The van der Waals surface area contributed by atoms with E-state index in [1.54, 1.807) is 42.1 Å². The number of hydrogen-bond acceptors (Lipinski definition) is 9. The second-order valence-electron chi connectivity index (χ2n) is 8.29. The average molecular weight is 520 g/mol. The molecule has 3 heterocycles. The van der Waals surface area contributed by atoms with Crippen molar-refractivity contribution in [2.45, 2.75) is 6.18 Å². The van der Waals surface area contributed by atoms with Gasteiger partial charge in [-0.15, -0.1) is 0 Å². The van der Waals surface area contributed by atoms with Gasteiger partial charge in [0, 0.05) is 38.6 Å². The zero-order chi connectivity index (χ0) is 26.6. The van der Waals surface area contributed by atoms with Gasteiger partial charge in [-0.3, -0.25) is 4.98 Å². The number of rotatable bonds is 7. The molecule has 4 N–H and O–H groups in total. The van der Waals surface area contributed by atoms with Crippen LogP contribution < -0.4 is 26.3 Å². The SMILES string of the molecule is CN(C)c1cc(Nc2ccc(/C(N)=N/Nc3ncc(F)c(N4CCOCC4)n3)nc2)cc(C(F)(F)F)c1. The standard InChI is InChI=1S/C23H25F4N9O/c1-35(2)17-10-14(23(25,26)27)9-16(11-17)31-15-3-4-19(29-12-15)20(28)33-34-22-30-13-18(24)21(32-22)36-5-7-37-8-6-36/h3-4,9-13,31H,5-8H2,1-2H3,(H2,28,33)(H,30,32,34). The summed E-state index contributed by atoms with van der Waals surface area (Å²) in [5.41, 5.74) is 9.21. The van der Waals surface area contributed by atoms with Crippen LogP contribution in [0.4, 0.5) is 46.4 Å². The molecule has 1 aromatic carbocycles. The Labute approximate surface area is 210 Å². The van der Waals surface area contributed by atoms with E-state index in [9.17, 15) is 17.6 Å². The lowest BCUT2D eigenvalue weighted by Crippen LogP contribution is -2.37. The van der Waals surface area contributed by atoms with E-state index in [4.69, 9.17) is 10.5 Å². The second kappa shape index (κ2) is 10.8. The number of nitrogens with two attached hydrogens (primary N) is 1. The number of alkyl halides is 3. The Kier molecular flexibility index (Phi) is 7.57. The lowest BCUT2D eigenvalue weighted by molar-refractivity contribution is -0.137. The van der Waals surface area contributed by atoms with Gasteiger partial charge in [0.15, 0.2) is 17.5 Å². The van der Waals surface area contributed by atoms with Crippen LogP contribution in [0.2, 0.25) is 0 Å². The summed E-state index contributed by atoms with van der Waals surface area (Å²) < 4.78 is 59.3. The van der Waals surface area contributed by atoms with Crippen molar-refractivity contribution in [3.8, 4) is 0 Å². The molecule has 1 aliphatic heterocycles. The number of amidine groups is 1. The third kappa shape index (κ3) is 6.52. The van der Waals surface area contributed by atoms with Crippen molar-refractivity contribution >= 4 is 34.7 Å². The normalized spacial score (nSPS) is 14.4. The minimum absolute atomic E-state index is 0.00126. The van der Waals surface area contributed by atoms with E-state index in [1.807, 2.05) is 0 Å². The number of halogens is 4. The molecule has 0 saturated carbocycles. The predicted molar refractivity (Wildman–Crippen MR) is 133 cm³/mol. The summed E-state index contributed by atoms with van der Waals surface area (Å²) in [5, 5.41) is 6.93. The van der Waals surface area contributed by atoms with Crippen molar-refractivity contribution in [3.63, 3.8) is 0 Å². The molecule has 0 radical (unpaired) electrons. The van der Waals surface area contributed by atoms with Crippen molar-refractivity contribution < 1.29 is 22.3 Å². The van der Waals surface area contributed by atoms with Gasteiger partial charge >= 0.3 is 6.18 Å². The van der Waals surface area contributed by atoms with Gasteiger partial charge in [-0.25, -0.2) is 14.8 Å². The molecule has 1 saturated heterocycles. The van der Waals surface area contributed by atoms with Gasteiger partial charge in [0.05, 0.1) is 36.9 Å². The van der Waals surface area contributed by atoms with E-state index in [0.717, 1.165) is 18.3 Å². The predicted octanol–water partition coefficient (Wildman–Crippen LogP) is 3.41. The molecule has 0 unspecified atom stereocenters.